The molecule has 1 unspecified atom stereocenters. The molecule has 218 valence electrons. The van der Waals surface area contributed by atoms with Crippen LogP contribution in [0.25, 0.3) is 0 Å². The molecule has 0 bridgehead atoms. The number of rotatable bonds is 29. The summed E-state index contributed by atoms with van der Waals surface area (Å²) >= 11 is 0. The number of carbonyl (C=O) groups is 2. The van der Waals surface area contributed by atoms with Gasteiger partial charge in [-0.1, -0.05) is 122 Å². The van der Waals surface area contributed by atoms with Crippen LogP contribution in [0, 0.1) is 0 Å². The second-order valence-electron chi connectivity index (χ2n) is 11.0. The molecule has 0 spiro atoms. The van der Waals surface area contributed by atoms with Crippen LogP contribution < -0.4 is 0 Å². The van der Waals surface area contributed by atoms with Crippen molar-refractivity contribution in [3.63, 3.8) is 0 Å². The van der Waals surface area contributed by atoms with Crippen LogP contribution in [0.2, 0.25) is 0 Å². The van der Waals surface area contributed by atoms with E-state index < -0.39 is 5.97 Å². The lowest BCUT2D eigenvalue weighted by molar-refractivity contribution is -0.150. The molecule has 0 aromatic heterocycles. The second kappa shape index (κ2) is 29.2. The van der Waals surface area contributed by atoms with Gasteiger partial charge < -0.3 is 9.84 Å². The second-order valence-corrected chi connectivity index (χ2v) is 11.0. The first kappa shape index (κ1) is 35.7. The Bertz CT molecular complexity index is 528. The molecule has 0 heterocycles. The highest BCUT2D eigenvalue weighted by Gasteiger charge is 2.14. The molecule has 0 aromatic carbocycles. The van der Waals surface area contributed by atoms with Crippen LogP contribution in [-0.2, 0) is 14.3 Å². The van der Waals surface area contributed by atoms with Crippen LogP contribution in [-0.4, -0.2) is 23.1 Å². The number of ether oxygens (including phenoxy) is 1. The molecule has 0 aliphatic rings. The summed E-state index contributed by atoms with van der Waals surface area (Å²) in [5.74, 6) is -0.722. The van der Waals surface area contributed by atoms with Gasteiger partial charge in [-0.05, 0) is 57.8 Å². The molecule has 0 aliphatic carbocycles. The summed E-state index contributed by atoms with van der Waals surface area (Å²) in [6.07, 6.45) is 33.6. The predicted molar refractivity (Wildman–Crippen MR) is 158 cm³/mol. The smallest absolute Gasteiger partial charge is 0.306 e. The van der Waals surface area contributed by atoms with Crippen molar-refractivity contribution in [1.82, 2.24) is 0 Å². The fraction of sp³-hybridized carbons (Fsp3) is 0.879. The molecule has 0 aliphatic heterocycles. The fourth-order valence-corrected chi connectivity index (χ4v) is 4.83. The van der Waals surface area contributed by atoms with E-state index in [-0.39, 0.29) is 18.5 Å². The van der Waals surface area contributed by atoms with E-state index in [9.17, 15) is 9.59 Å². The number of esters is 1. The van der Waals surface area contributed by atoms with Crippen molar-refractivity contribution in [3.8, 4) is 0 Å². The summed E-state index contributed by atoms with van der Waals surface area (Å²) in [5.41, 5.74) is 0. The summed E-state index contributed by atoms with van der Waals surface area (Å²) in [6.45, 7) is 4.51. The Kier molecular flexibility index (Phi) is 28.2. The third-order valence-electron chi connectivity index (χ3n) is 7.24. The number of hydrogen-bond donors (Lipinski definition) is 1. The molecule has 0 fully saturated rings. The molecule has 37 heavy (non-hydrogen) atoms. The van der Waals surface area contributed by atoms with Crippen LogP contribution in [0.3, 0.4) is 0 Å². The summed E-state index contributed by atoms with van der Waals surface area (Å²) in [5, 5.41) is 8.76. The number of hydrogen-bond acceptors (Lipinski definition) is 3. The van der Waals surface area contributed by atoms with Gasteiger partial charge in [0.2, 0.25) is 0 Å². The molecular formula is C33H62O4. The molecule has 0 saturated heterocycles. The molecule has 0 aromatic rings. The average Bonchev–Trinajstić information content (AvgIpc) is 2.87. The molecule has 4 heteroatoms. The van der Waals surface area contributed by atoms with E-state index in [0.717, 1.165) is 70.6 Å². The molecule has 0 rings (SSSR count). The number of carboxylic acid groups (broad SMARTS) is 1. The van der Waals surface area contributed by atoms with Gasteiger partial charge in [-0.2, -0.15) is 0 Å². The van der Waals surface area contributed by atoms with Crippen molar-refractivity contribution >= 4 is 11.9 Å². The first-order valence-corrected chi connectivity index (χ1v) is 16.2. The predicted octanol–water partition coefficient (Wildman–Crippen LogP) is 10.7. The quantitative estimate of drug-likeness (QED) is 0.0602. The van der Waals surface area contributed by atoms with Crippen molar-refractivity contribution in [2.75, 3.05) is 0 Å². The van der Waals surface area contributed by atoms with Gasteiger partial charge in [-0.25, -0.2) is 0 Å². The normalized spacial score (nSPS) is 12.3. The van der Waals surface area contributed by atoms with Gasteiger partial charge >= 0.3 is 11.9 Å². The van der Waals surface area contributed by atoms with E-state index in [1.54, 1.807) is 0 Å². The molecule has 0 saturated carbocycles. The number of carbonyl (C=O) groups excluding carboxylic acids is 1. The lowest BCUT2D eigenvalue weighted by Crippen LogP contribution is -2.18. The zero-order chi connectivity index (χ0) is 27.2. The van der Waals surface area contributed by atoms with Crippen molar-refractivity contribution < 1.29 is 19.4 Å². The zero-order valence-electron chi connectivity index (χ0n) is 24.8. The minimum absolute atomic E-state index is 0.0175. The Morgan fingerprint density at radius 3 is 1.57 bits per heavy atom. The third-order valence-corrected chi connectivity index (χ3v) is 7.24. The van der Waals surface area contributed by atoms with Crippen LogP contribution >= 0.6 is 0 Å². The van der Waals surface area contributed by atoms with Crippen LogP contribution in [0.1, 0.15) is 181 Å². The van der Waals surface area contributed by atoms with Crippen molar-refractivity contribution in [3.05, 3.63) is 12.2 Å². The number of aliphatic carboxylic acids is 1. The van der Waals surface area contributed by atoms with Gasteiger partial charge in [0.25, 0.3) is 0 Å². The van der Waals surface area contributed by atoms with E-state index in [4.69, 9.17) is 9.84 Å². The SMILES string of the molecule is CCCCCCCC/C=C\CCCC(CCCCCCCC(=O)O)OC(=O)CCCCCCCCCC. The standard InChI is InChI=1S/C33H62O4/c1-3-5-7-9-11-13-14-15-16-19-23-27-31(28-24-20-18-21-25-29-32(34)35)37-33(36)30-26-22-17-12-10-8-6-4-2/h15-16,31H,3-14,17-30H2,1-2H3,(H,34,35)/b16-15-. The van der Waals surface area contributed by atoms with Gasteiger partial charge in [0.1, 0.15) is 6.10 Å². The number of carboxylic acids is 1. The Labute approximate surface area is 230 Å². The Balaban J connectivity index is 4.13. The van der Waals surface area contributed by atoms with E-state index in [1.807, 2.05) is 0 Å². The Hall–Kier alpha value is -1.32. The first-order valence-electron chi connectivity index (χ1n) is 16.2. The lowest BCUT2D eigenvalue weighted by Gasteiger charge is -2.18. The zero-order valence-corrected chi connectivity index (χ0v) is 24.8. The van der Waals surface area contributed by atoms with Gasteiger partial charge in [0.05, 0.1) is 0 Å². The Morgan fingerprint density at radius 1 is 0.568 bits per heavy atom. The van der Waals surface area contributed by atoms with Gasteiger partial charge in [0.15, 0.2) is 0 Å². The monoisotopic (exact) mass is 522 g/mol. The van der Waals surface area contributed by atoms with Crippen molar-refractivity contribution in [2.45, 2.75) is 187 Å². The topological polar surface area (TPSA) is 63.6 Å². The average molecular weight is 523 g/mol. The van der Waals surface area contributed by atoms with Crippen LogP contribution in [0.15, 0.2) is 12.2 Å². The maximum absolute atomic E-state index is 12.5. The minimum Gasteiger partial charge on any atom is -0.481 e. The van der Waals surface area contributed by atoms with Gasteiger partial charge in [-0.15, -0.1) is 0 Å². The number of unbranched alkanes of at least 4 members (excludes halogenated alkanes) is 18. The highest BCUT2D eigenvalue weighted by molar-refractivity contribution is 5.69. The first-order chi connectivity index (χ1) is 18.1. The van der Waals surface area contributed by atoms with E-state index >= 15 is 0 Å². The van der Waals surface area contributed by atoms with Crippen LogP contribution in [0.4, 0.5) is 0 Å². The largest absolute Gasteiger partial charge is 0.481 e. The third kappa shape index (κ3) is 29.1. The number of allylic oxidation sites excluding steroid dienone is 2. The molecule has 1 atom stereocenters. The minimum atomic E-state index is -0.704. The lowest BCUT2D eigenvalue weighted by atomic mass is 10.0. The maximum atomic E-state index is 12.5. The van der Waals surface area contributed by atoms with Crippen molar-refractivity contribution in [1.29, 1.82) is 0 Å². The molecular weight excluding hydrogens is 460 g/mol. The summed E-state index contributed by atoms with van der Waals surface area (Å²) in [4.78, 5) is 23.1. The molecule has 4 nitrogen and oxygen atoms in total. The Morgan fingerprint density at radius 2 is 1.00 bits per heavy atom. The highest BCUT2D eigenvalue weighted by Crippen LogP contribution is 2.17. The molecule has 0 amide bonds. The molecule has 0 radical (unpaired) electrons. The van der Waals surface area contributed by atoms with Crippen LogP contribution in [0.5, 0.6) is 0 Å². The maximum Gasteiger partial charge on any atom is 0.306 e. The van der Waals surface area contributed by atoms with Crippen molar-refractivity contribution in [2.24, 2.45) is 0 Å². The van der Waals surface area contributed by atoms with Gasteiger partial charge in [0, 0.05) is 12.8 Å². The fourth-order valence-electron chi connectivity index (χ4n) is 4.83. The molecule has 1 N–H and O–H groups in total. The summed E-state index contributed by atoms with van der Waals surface area (Å²) in [7, 11) is 0. The summed E-state index contributed by atoms with van der Waals surface area (Å²) in [6, 6.07) is 0. The van der Waals surface area contributed by atoms with Gasteiger partial charge in [-0.3, -0.25) is 9.59 Å². The van der Waals surface area contributed by atoms with E-state index in [2.05, 4.69) is 26.0 Å². The highest BCUT2D eigenvalue weighted by atomic mass is 16.5. The van der Waals surface area contributed by atoms with E-state index in [1.165, 1.54) is 83.5 Å². The van der Waals surface area contributed by atoms with E-state index in [0.29, 0.717) is 6.42 Å². The summed E-state index contributed by atoms with van der Waals surface area (Å²) < 4.78 is 5.92.